The van der Waals surface area contributed by atoms with E-state index < -0.39 is 16.9 Å². The van der Waals surface area contributed by atoms with Crippen LogP contribution in [0.25, 0.3) is 0 Å². The van der Waals surface area contributed by atoms with E-state index in [1.54, 1.807) is 30.1 Å². The quantitative estimate of drug-likeness (QED) is 0.654. The maximum Gasteiger partial charge on any atom is 0.273 e. The lowest BCUT2D eigenvalue weighted by Crippen LogP contribution is -2.35. The van der Waals surface area contributed by atoms with Crippen molar-refractivity contribution in [1.29, 1.82) is 0 Å². The molecule has 6 nitrogen and oxygen atoms in total. The predicted octanol–water partition coefficient (Wildman–Crippen LogP) is 2.25. The van der Waals surface area contributed by atoms with Crippen molar-refractivity contribution < 1.29 is 9.72 Å². The zero-order chi connectivity index (χ0) is 16.1. The average molecular weight is 299 g/mol. The van der Waals surface area contributed by atoms with Gasteiger partial charge in [-0.3, -0.25) is 19.8 Å². The van der Waals surface area contributed by atoms with E-state index >= 15 is 0 Å². The maximum atomic E-state index is 11.8. The van der Waals surface area contributed by atoms with Gasteiger partial charge in [-0.05, 0) is 12.6 Å². The second-order valence-electron chi connectivity index (χ2n) is 5.02. The second-order valence-corrected chi connectivity index (χ2v) is 5.02. The van der Waals surface area contributed by atoms with Gasteiger partial charge >= 0.3 is 0 Å². The Balaban J connectivity index is 2.28. The van der Waals surface area contributed by atoms with Gasteiger partial charge in [0.15, 0.2) is 0 Å². The van der Waals surface area contributed by atoms with Gasteiger partial charge in [0, 0.05) is 18.2 Å². The maximum absolute atomic E-state index is 11.8. The van der Waals surface area contributed by atoms with Crippen molar-refractivity contribution in [3.8, 4) is 0 Å². The van der Waals surface area contributed by atoms with Crippen LogP contribution in [0.4, 0.5) is 5.69 Å². The molecule has 0 aromatic heterocycles. The summed E-state index contributed by atoms with van der Waals surface area (Å²) >= 11 is 0. The predicted molar refractivity (Wildman–Crippen MR) is 82.9 cm³/mol. The first kappa shape index (κ1) is 15.7. The van der Waals surface area contributed by atoms with Crippen LogP contribution in [0.1, 0.15) is 17.2 Å². The van der Waals surface area contributed by atoms with Crippen LogP contribution in [-0.4, -0.2) is 22.8 Å². The highest BCUT2D eigenvalue weighted by Crippen LogP contribution is 2.24. The highest BCUT2D eigenvalue weighted by molar-refractivity contribution is 5.81. The number of amides is 1. The SMILES string of the molecule is CN(Cc1ccccc1[N+](=O)[O-])[C@@H](C(N)=O)c1ccccc1. The average Bonchev–Trinajstić information content (AvgIpc) is 2.48. The number of likely N-dealkylation sites (N-methyl/N-ethyl adjacent to an activating group) is 1. The number of rotatable bonds is 6. The van der Waals surface area contributed by atoms with Crippen molar-refractivity contribution >= 4 is 11.6 Å². The molecular formula is C16H17N3O3. The summed E-state index contributed by atoms with van der Waals surface area (Å²) in [5.41, 5.74) is 6.84. The van der Waals surface area contributed by atoms with Gasteiger partial charge in [0.05, 0.1) is 4.92 Å². The Hall–Kier alpha value is -2.73. The fourth-order valence-corrected chi connectivity index (χ4v) is 2.45. The van der Waals surface area contributed by atoms with Gasteiger partial charge in [0.25, 0.3) is 5.69 Å². The summed E-state index contributed by atoms with van der Waals surface area (Å²) < 4.78 is 0. The first-order valence-corrected chi connectivity index (χ1v) is 6.77. The van der Waals surface area contributed by atoms with Gasteiger partial charge < -0.3 is 5.73 Å². The molecule has 1 atom stereocenters. The Kier molecular flexibility index (Phi) is 4.85. The Bertz CT molecular complexity index is 673. The second kappa shape index (κ2) is 6.82. The van der Waals surface area contributed by atoms with Crippen LogP contribution >= 0.6 is 0 Å². The number of nitrogens with zero attached hydrogens (tertiary/aromatic N) is 2. The molecule has 0 saturated carbocycles. The number of nitro groups is 1. The third-order valence-electron chi connectivity index (χ3n) is 3.43. The van der Waals surface area contributed by atoms with Gasteiger partial charge in [-0.1, -0.05) is 48.5 Å². The van der Waals surface area contributed by atoms with Crippen LogP contribution in [0, 0.1) is 10.1 Å². The molecule has 2 rings (SSSR count). The molecule has 0 spiro atoms. The van der Waals surface area contributed by atoms with Crippen molar-refractivity contribution in [2.24, 2.45) is 5.73 Å². The molecule has 22 heavy (non-hydrogen) atoms. The summed E-state index contributed by atoms with van der Waals surface area (Å²) in [5, 5.41) is 11.1. The largest absolute Gasteiger partial charge is 0.368 e. The molecule has 6 heteroatoms. The number of hydrogen-bond acceptors (Lipinski definition) is 4. The molecule has 0 aliphatic carbocycles. The fourth-order valence-electron chi connectivity index (χ4n) is 2.45. The van der Waals surface area contributed by atoms with E-state index in [4.69, 9.17) is 5.73 Å². The van der Waals surface area contributed by atoms with Crippen molar-refractivity contribution in [3.63, 3.8) is 0 Å². The number of benzene rings is 2. The molecule has 2 N–H and O–H groups in total. The number of nitrogens with two attached hydrogens (primary N) is 1. The third-order valence-corrected chi connectivity index (χ3v) is 3.43. The lowest BCUT2D eigenvalue weighted by molar-refractivity contribution is -0.385. The number of para-hydroxylation sites is 1. The lowest BCUT2D eigenvalue weighted by atomic mass is 10.0. The number of carbonyl (C=O) groups is 1. The normalized spacial score (nSPS) is 12.1. The zero-order valence-electron chi connectivity index (χ0n) is 12.2. The van der Waals surface area contributed by atoms with E-state index in [-0.39, 0.29) is 12.2 Å². The molecule has 2 aromatic carbocycles. The van der Waals surface area contributed by atoms with Crippen molar-refractivity contribution in [2.75, 3.05) is 7.05 Å². The Labute approximate surface area is 128 Å². The number of hydrogen-bond donors (Lipinski definition) is 1. The standard InChI is InChI=1S/C16H17N3O3/c1-18(11-13-9-5-6-10-14(13)19(21)22)15(16(17)20)12-7-3-2-4-8-12/h2-10,15H,11H2,1H3,(H2,17,20)/t15-/m1/s1. The first-order chi connectivity index (χ1) is 10.5. The summed E-state index contributed by atoms with van der Waals surface area (Å²) in [4.78, 5) is 24.2. The van der Waals surface area contributed by atoms with Crippen LogP contribution in [0.5, 0.6) is 0 Å². The molecule has 0 radical (unpaired) electrons. The van der Waals surface area contributed by atoms with Crippen molar-refractivity contribution in [3.05, 3.63) is 75.8 Å². The Morgan fingerprint density at radius 1 is 1.18 bits per heavy atom. The summed E-state index contributed by atoms with van der Waals surface area (Å²) in [6.45, 7) is 0.250. The lowest BCUT2D eigenvalue weighted by Gasteiger charge is -2.25. The van der Waals surface area contributed by atoms with E-state index in [0.29, 0.717) is 5.56 Å². The van der Waals surface area contributed by atoms with Crippen LogP contribution < -0.4 is 5.73 Å². The highest BCUT2D eigenvalue weighted by Gasteiger charge is 2.24. The smallest absolute Gasteiger partial charge is 0.273 e. The minimum atomic E-state index is -0.638. The molecule has 0 saturated heterocycles. The number of carbonyl (C=O) groups excluding carboxylic acids is 1. The van der Waals surface area contributed by atoms with Gasteiger partial charge in [0.1, 0.15) is 6.04 Å². The minimum absolute atomic E-state index is 0.0330. The molecule has 0 aliphatic heterocycles. The van der Waals surface area contributed by atoms with Gasteiger partial charge in [-0.15, -0.1) is 0 Å². The molecule has 0 bridgehead atoms. The van der Waals surface area contributed by atoms with Crippen LogP contribution in [0.3, 0.4) is 0 Å². The van der Waals surface area contributed by atoms with Crippen LogP contribution in [-0.2, 0) is 11.3 Å². The molecule has 0 aliphatic rings. The first-order valence-electron chi connectivity index (χ1n) is 6.77. The van der Waals surface area contributed by atoms with E-state index in [1.807, 2.05) is 30.3 Å². The third kappa shape index (κ3) is 3.48. The minimum Gasteiger partial charge on any atom is -0.368 e. The zero-order valence-corrected chi connectivity index (χ0v) is 12.2. The van der Waals surface area contributed by atoms with Gasteiger partial charge in [-0.25, -0.2) is 0 Å². The summed E-state index contributed by atoms with van der Waals surface area (Å²) in [6.07, 6.45) is 0. The van der Waals surface area contributed by atoms with Gasteiger partial charge in [-0.2, -0.15) is 0 Å². The van der Waals surface area contributed by atoms with Crippen molar-refractivity contribution in [2.45, 2.75) is 12.6 Å². The van der Waals surface area contributed by atoms with E-state index in [1.165, 1.54) is 6.07 Å². The van der Waals surface area contributed by atoms with Crippen molar-refractivity contribution in [1.82, 2.24) is 4.90 Å². The molecule has 2 aromatic rings. The Morgan fingerprint density at radius 3 is 2.36 bits per heavy atom. The molecule has 1 amide bonds. The Morgan fingerprint density at radius 2 is 1.77 bits per heavy atom. The highest BCUT2D eigenvalue weighted by atomic mass is 16.6. The molecule has 0 fully saturated rings. The monoisotopic (exact) mass is 299 g/mol. The topological polar surface area (TPSA) is 89.5 Å². The van der Waals surface area contributed by atoms with E-state index in [9.17, 15) is 14.9 Å². The van der Waals surface area contributed by atoms with Crippen LogP contribution in [0.15, 0.2) is 54.6 Å². The molecule has 114 valence electrons. The number of primary amides is 1. The molecular weight excluding hydrogens is 282 g/mol. The van der Waals surface area contributed by atoms with E-state index in [0.717, 1.165) is 5.56 Å². The summed E-state index contributed by atoms with van der Waals surface area (Å²) in [7, 11) is 1.72. The number of nitro benzene ring substituents is 1. The molecule has 0 unspecified atom stereocenters. The fraction of sp³-hybridized carbons (Fsp3) is 0.188. The summed E-state index contributed by atoms with van der Waals surface area (Å²) in [5.74, 6) is -0.493. The van der Waals surface area contributed by atoms with Gasteiger partial charge in [0.2, 0.25) is 5.91 Å². The summed E-state index contributed by atoms with van der Waals surface area (Å²) in [6, 6.07) is 15.0. The molecule has 0 heterocycles. The van der Waals surface area contributed by atoms with Crippen LogP contribution in [0.2, 0.25) is 0 Å². The van der Waals surface area contributed by atoms with E-state index in [2.05, 4.69) is 0 Å².